The second-order valence-corrected chi connectivity index (χ2v) is 6.62. The SMILES string of the molecule is COc1ccc(-n2c(CCc3ccccc3)nc3ccc(Cl)cc32)cc1. The molecule has 3 aromatic carbocycles. The minimum absolute atomic E-state index is 0.710. The van der Waals surface area contributed by atoms with Crippen LogP contribution in [0.3, 0.4) is 0 Å². The molecule has 0 unspecified atom stereocenters. The van der Waals surface area contributed by atoms with Gasteiger partial charge >= 0.3 is 0 Å². The normalized spacial score (nSPS) is 11.0. The summed E-state index contributed by atoms with van der Waals surface area (Å²) in [5.41, 5.74) is 4.33. The fraction of sp³-hybridized carbons (Fsp3) is 0.136. The average molecular weight is 363 g/mol. The Labute approximate surface area is 157 Å². The number of benzene rings is 3. The van der Waals surface area contributed by atoms with E-state index in [-0.39, 0.29) is 0 Å². The summed E-state index contributed by atoms with van der Waals surface area (Å²) in [6.45, 7) is 0. The fourth-order valence-corrected chi connectivity index (χ4v) is 3.35. The van der Waals surface area contributed by atoms with E-state index < -0.39 is 0 Å². The van der Waals surface area contributed by atoms with Crippen LogP contribution < -0.4 is 4.74 Å². The summed E-state index contributed by atoms with van der Waals surface area (Å²) in [5, 5.41) is 0.710. The van der Waals surface area contributed by atoms with Crippen LogP contribution in [0.1, 0.15) is 11.4 Å². The Morgan fingerprint density at radius 1 is 0.923 bits per heavy atom. The molecule has 26 heavy (non-hydrogen) atoms. The van der Waals surface area contributed by atoms with Gasteiger partial charge in [0.25, 0.3) is 0 Å². The van der Waals surface area contributed by atoms with Gasteiger partial charge in [0.1, 0.15) is 11.6 Å². The first-order valence-electron chi connectivity index (χ1n) is 8.60. The summed E-state index contributed by atoms with van der Waals surface area (Å²) < 4.78 is 7.47. The van der Waals surface area contributed by atoms with E-state index in [1.54, 1.807) is 7.11 Å². The third-order valence-electron chi connectivity index (χ3n) is 4.50. The van der Waals surface area contributed by atoms with Crippen LogP contribution in [-0.2, 0) is 12.8 Å². The summed E-state index contributed by atoms with van der Waals surface area (Å²) in [7, 11) is 1.67. The zero-order valence-corrected chi connectivity index (χ0v) is 15.3. The molecule has 0 aliphatic carbocycles. The predicted molar refractivity (Wildman–Crippen MR) is 106 cm³/mol. The zero-order chi connectivity index (χ0) is 17.9. The number of aromatic nitrogens is 2. The van der Waals surface area contributed by atoms with Gasteiger partial charge in [-0.1, -0.05) is 41.9 Å². The number of methoxy groups -OCH3 is 1. The average Bonchev–Trinajstić information content (AvgIpc) is 3.04. The lowest BCUT2D eigenvalue weighted by atomic mass is 10.1. The number of hydrogen-bond donors (Lipinski definition) is 0. The standard InChI is InChI=1S/C22H19ClN2O/c1-26-19-11-9-18(10-12-19)25-21-15-17(23)8-13-20(21)24-22(25)14-7-16-5-3-2-4-6-16/h2-6,8-13,15H,7,14H2,1H3. The van der Waals surface area contributed by atoms with E-state index in [0.717, 1.165) is 41.1 Å². The lowest BCUT2D eigenvalue weighted by Crippen LogP contribution is -2.03. The van der Waals surface area contributed by atoms with Crippen LogP contribution >= 0.6 is 11.6 Å². The van der Waals surface area contributed by atoms with E-state index in [4.69, 9.17) is 21.3 Å². The Morgan fingerprint density at radius 2 is 1.69 bits per heavy atom. The first-order chi connectivity index (χ1) is 12.7. The van der Waals surface area contributed by atoms with Gasteiger partial charge in [0.05, 0.1) is 18.1 Å². The van der Waals surface area contributed by atoms with Crippen LogP contribution in [0.4, 0.5) is 0 Å². The highest BCUT2D eigenvalue weighted by Gasteiger charge is 2.13. The van der Waals surface area contributed by atoms with Crippen molar-refractivity contribution in [3.8, 4) is 11.4 Å². The summed E-state index contributed by atoms with van der Waals surface area (Å²) in [4.78, 5) is 4.86. The van der Waals surface area contributed by atoms with Crippen molar-refractivity contribution in [3.63, 3.8) is 0 Å². The maximum atomic E-state index is 6.25. The number of fused-ring (bicyclic) bond motifs is 1. The minimum Gasteiger partial charge on any atom is -0.497 e. The first-order valence-corrected chi connectivity index (χ1v) is 8.97. The lowest BCUT2D eigenvalue weighted by molar-refractivity contribution is 0.414. The Hall–Kier alpha value is -2.78. The van der Waals surface area contributed by atoms with Gasteiger partial charge in [0, 0.05) is 17.1 Å². The molecule has 1 heterocycles. The quantitative estimate of drug-likeness (QED) is 0.470. The second kappa shape index (κ2) is 7.22. The number of nitrogens with zero attached hydrogens (tertiary/aromatic N) is 2. The number of rotatable bonds is 5. The van der Waals surface area contributed by atoms with Crippen molar-refractivity contribution in [2.75, 3.05) is 7.11 Å². The van der Waals surface area contributed by atoms with Crippen LogP contribution in [0.2, 0.25) is 5.02 Å². The Balaban J connectivity index is 1.78. The zero-order valence-electron chi connectivity index (χ0n) is 14.5. The monoisotopic (exact) mass is 362 g/mol. The fourth-order valence-electron chi connectivity index (χ4n) is 3.19. The maximum Gasteiger partial charge on any atom is 0.119 e. The number of halogens is 1. The molecule has 0 radical (unpaired) electrons. The molecule has 1 aromatic heterocycles. The minimum atomic E-state index is 0.710. The number of hydrogen-bond acceptors (Lipinski definition) is 2. The van der Waals surface area contributed by atoms with Crippen LogP contribution in [0, 0.1) is 0 Å². The second-order valence-electron chi connectivity index (χ2n) is 6.18. The van der Waals surface area contributed by atoms with Crippen molar-refractivity contribution in [2.45, 2.75) is 12.8 Å². The molecule has 0 amide bonds. The third kappa shape index (κ3) is 3.31. The van der Waals surface area contributed by atoms with Crippen LogP contribution in [0.5, 0.6) is 5.75 Å². The van der Waals surface area contributed by atoms with Crippen molar-refractivity contribution >= 4 is 22.6 Å². The summed E-state index contributed by atoms with van der Waals surface area (Å²) in [5.74, 6) is 1.86. The van der Waals surface area contributed by atoms with E-state index in [1.807, 2.05) is 48.5 Å². The van der Waals surface area contributed by atoms with E-state index in [9.17, 15) is 0 Å². The molecule has 0 aliphatic heterocycles. The summed E-state index contributed by atoms with van der Waals surface area (Å²) in [6.07, 6.45) is 1.79. The Kier molecular flexibility index (Phi) is 4.63. The Morgan fingerprint density at radius 3 is 2.42 bits per heavy atom. The molecule has 4 aromatic rings. The molecular formula is C22H19ClN2O. The molecule has 0 bridgehead atoms. The van der Waals surface area contributed by atoms with Gasteiger partial charge in [-0.2, -0.15) is 0 Å². The number of aryl methyl sites for hydroxylation is 2. The van der Waals surface area contributed by atoms with Gasteiger partial charge in [-0.15, -0.1) is 0 Å². The molecule has 130 valence electrons. The van der Waals surface area contributed by atoms with Crippen molar-refractivity contribution in [1.29, 1.82) is 0 Å². The molecule has 0 fully saturated rings. The van der Waals surface area contributed by atoms with E-state index in [1.165, 1.54) is 5.56 Å². The molecule has 0 spiro atoms. The first kappa shape index (κ1) is 16.7. The number of imidazole rings is 1. The molecule has 4 heteroatoms. The highest BCUT2D eigenvalue weighted by molar-refractivity contribution is 6.31. The largest absolute Gasteiger partial charge is 0.497 e. The molecular weight excluding hydrogens is 344 g/mol. The van der Waals surface area contributed by atoms with Gasteiger partial charge in [-0.25, -0.2) is 4.98 Å². The van der Waals surface area contributed by atoms with Crippen LogP contribution in [0.25, 0.3) is 16.7 Å². The van der Waals surface area contributed by atoms with Gasteiger partial charge in [-0.05, 0) is 54.4 Å². The maximum absolute atomic E-state index is 6.25. The predicted octanol–water partition coefficient (Wildman–Crippen LogP) is 5.47. The van der Waals surface area contributed by atoms with Crippen LogP contribution in [-0.4, -0.2) is 16.7 Å². The van der Waals surface area contributed by atoms with Gasteiger partial charge < -0.3 is 4.74 Å². The molecule has 4 rings (SSSR count). The summed E-state index contributed by atoms with van der Waals surface area (Å²) >= 11 is 6.25. The molecule has 3 nitrogen and oxygen atoms in total. The van der Waals surface area contributed by atoms with Gasteiger partial charge in [0.2, 0.25) is 0 Å². The number of ether oxygens (including phenoxy) is 1. The van der Waals surface area contributed by atoms with E-state index >= 15 is 0 Å². The molecule has 0 atom stereocenters. The van der Waals surface area contributed by atoms with Gasteiger partial charge in [0.15, 0.2) is 0 Å². The highest BCUT2D eigenvalue weighted by atomic mass is 35.5. The van der Waals surface area contributed by atoms with Crippen molar-refractivity contribution in [1.82, 2.24) is 9.55 Å². The van der Waals surface area contributed by atoms with Crippen molar-refractivity contribution in [3.05, 3.63) is 89.2 Å². The molecule has 0 N–H and O–H groups in total. The topological polar surface area (TPSA) is 27.1 Å². The molecule has 0 saturated heterocycles. The van der Waals surface area contributed by atoms with Crippen LogP contribution in [0.15, 0.2) is 72.8 Å². The van der Waals surface area contributed by atoms with E-state index in [0.29, 0.717) is 5.02 Å². The van der Waals surface area contributed by atoms with Crippen molar-refractivity contribution in [2.24, 2.45) is 0 Å². The summed E-state index contributed by atoms with van der Waals surface area (Å²) in [6, 6.07) is 24.3. The van der Waals surface area contributed by atoms with E-state index in [2.05, 4.69) is 28.8 Å². The smallest absolute Gasteiger partial charge is 0.119 e. The Bertz CT molecular complexity index is 1020. The lowest BCUT2D eigenvalue weighted by Gasteiger charge is -2.10. The third-order valence-corrected chi connectivity index (χ3v) is 4.73. The molecule has 0 saturated carbocycles. The molecule has 0 aliphatic rings. The van der Waals surface area contributed by atoms with Crippen molar-refractivity contribution < 1.29 is 4.74 Å². The highest BCUT2D eigenvalue weighted by Crippen LogP contribution is 2.26. The van der Waals surface area contributed by atoms with Gasteiger partial charge in [-0.3, -0.25) is 4.57 Å².